The Morgan fingerprint density at radius 1 is 1.50 bits per heavy atom. The fourth-order valence-electron chi connectivity index (χ4n) is 2.06. The number of ketones is 1. The summed E-state index contributed by atoms with van der Waals surface area (Å²) in [7, 11) is 0. The van der Waals surface area contributed by atoms with Crippen LogP contribution in [0, 0.1) is 16.0 Å². The van der Waals surface area contributed by atoms with Crippen molar-refractivity contribution < 1.29 is 14.5 Å². The highest BCUT2D eigenvalue weighted by Crippen LogP contribution is 2.35. The lowest BCUT2D eigenvalue weighted by Crippen LogP contribution is -2.34. The highest BCUT2D eigenvalue weighted by Gasteiger charge is 2.35. The van der Waals surface area contributed by atoms with Crippen LogP contribution in [0.2, 0.25) is 0 Å². The highest BCUT2D eigenvalue weighted by molar-refractivity contribution is 5.82. The van der Waals surface area contributed by atoms with E-state index in [4.69, 9.17) is 4.74 Å². The third kappa shape index (κ3) is 2.24. The lowest BCUT2D eigenvalue weighted by Gasteiger charge is -2.31. The van der Waals surface area contributed by atoms with Crippen molar-refractivity contribution >= 4 is 11.5 Å². The monoisotopic (exact) mass is 250 g/mol. The number of aromatic nitrogens is 1. The average molecular weight is 250 g/mol. The van der Waals surface area contributed by atoms with E-state index in [1.54, 1.807) is 6.07 Å². The summed E-state index contributed by atoms with van der Waals surface area (Å²) in [5, 5.41) is 10.9. The van der Waals surface area contributed by atoms with Crippen molar-refractivity contribution in [3.8, 4) is 0 Å². The van der Waals surface area contributed by atoms with Gasteiger partial charge in [0.1, 0.15) is 12.0 Å². The van der Waals surface area contributed by atoms with Crippen molar-refractivity contribution in [3.63, 3.8) is 0 Å². The Balaban J connectivity index is 2.32. The Bertz CT molecular complexity index is 489. The van der Waals surface area contributed by atoms with E-state index in [0.717, 1.165) is 0 Å². The largest absolute Gasteiger partial charge is 0.369 e. The number of pyridine rings is 1. The zero-order valence-corrected chi connectivity index (χ0v) is 10.2. The van der Waals surface area contributed by atoms with Gasteiger partial charge in [0.15, 0.2) is 0 Å². The van der Waals surface area contributed by atoms with Gasteiger partial charge in [-0.05, 0) is 13.0 Å². The van der Waals surface area contributed by atoms with E-state index < -0.39 is 11.0 Å². The molecular weight excluding hydrogens is 236 g/mol. The molecule has 6 nitrogen and oxygen atoms in total. The number of hydrogen-bond acceptors (Lipinski definition) is 5. The first-order chi connectivity index (χ1) is 8.50. The summed E-state index contributed by atoms with van der Waals surface area (Å²) in [6.07, 6.45) is 2.05. The third-order valence-electron chi connectivity index (χ3n) is 3.35. The van der Waals surface area contributed by atoms with Crippen LogP contribution in [0.25, 0.3) is 0 Å². The molecule has 1 aromatic rings. The predicted octanol–water partition coefficient (Wildman–Crippen LogP) is 2.04. The second kappa shape index (κ2) is 4.81. The van der Waals surface area contributed by atoms with Gasteiger partial charge in [0, 0.05) is 18.5 Å². The Morgan fingerprint density at radius 2 is 2.22 bits per heavy atom. The number of rotatable bonds is 2. The molecule has 0 aromatic carbocycles. The molecular formula is C12H14N2O4. The topological polar surface area (TPSA) is 82.3 Å². The van der Waals surface area contributed by atoms with Gasteiger partial charge in [-0.25, -0.2) is 0 Å². The number of nitrogens with zero attached hydrogens (tertiary/aromatic N) is 2. The lowest BCUT2D eigenvalue weighted by molar-refractivity contribution is -0.386. The van der Waals surface area contributed by atoms with Crippen molar-refractivity contribution in [1.82, 2.24) is 4.98 Å². The third-order valence-corrected chi connectivity index (χ3v) is 3.35. The first-order valence-electron chi connectivity index (χ1n) is 5.77. The molecule has 6 heteroatoms. The van der Waals surface area contributed by atoms with E-state index >= 15 is 0 Å². The molecule has 3 atom stereocenters. The van der Waals surface area contributed by atoms with Gasteiger partial charge in [0.05, 0.1) is 22.7 Å². The summed E-state index contributed by atoms with van der Waals surface area (Å²) in [6, 6.07) is 1.54. The lowest BCUT2D eigenvalue weighted by atomic mass is 9.90. The number of nitro groups is 1. The molecule has 0 amide bonds. The van der Waals surface area contributed by atoms with E-state index in [2.05, 4.69) is 4.98 Å². The first kappa shape index (κ1) is 12.6. The van der Waals surface area contributed by atoms with Crippen LogP contribution in [0.4, 0.5) is 5.69 Å². The molecule has 0 bridgehead atoms. The van der Waals surface area contributed by atoms with Crippen LogP contribution >= 0.6 is 0 Å². The van der Waals surface area contributed by atoms with Gasteiger partial charge >= 0.3 is 0 Å². The van der Waals surface area contributed by atoms with Gasteiger partial charge < -0.3 is 4.74 Å². The second-order valence-corrected chi connectivity index (χ2v) is 4.48. The normalized spacial score (nSPS) is 28.1. The second-order valence-electron chi connectivity index (χ2n) is 4.48. The van der Waals surface area contributed by atoms with Crippen LogP contribution in [-0.4, -0.2) is 21.8 Å². The maximum atomic E-state index is 11.8. The molecule has 0 saturated carbocycles. The van der Waals surface area contributed by atoms with Gasteiger partial charge in [0.25, 0.3) is 5.69 Å². The quantitative estimate of drug-likeness (QED) is 0.592. The Morgan fingerprint density at radius 3 is 2.83 bits per heavy atom. The summed E-state index contributed by atoms with van der Waals surface area (Å²) in [5.41, 5.74) is 0.319. The molecule has 0 spiro atoms. The van der Waals surface area contributed by atoms with E-state index in [1.807, 2.05) is 13.8 Å². The number of carbonyl (C=O) groups excluding carboxylic acids is 1. The molecule has 2 heterocycles. The fraction of sp³-hybridized carbons (Fsp3) is 0.500. The van der Waals surface area contributed by atoms with Gasteiger partial charge in [-0.1, -0.05) is 6.92 Å². The molecule has 0 N–H and O–H groups in total. The minimum absolute atomic E-state index is 0.0739. The Hall–Kier alpha value is -1.82. The number of ether oxygens (including phenoxy) is 1. The highest BCUT2D eigenvalue weighted by atomic mass is 16.6. The van der Waals surface area contributed by atoms with E-state index in [1.165, 1.54) is 12.4 Å². The van der Waals surface area contributed by atoms with Gasteiger partial charge in [-0.2, -0.15) is 0 Å². The Kier molecular flexibility index (Phi) is 3.38. The van der Waals surface area contributed by atoms with Crippen molar-refractivity contribution in [3.05, 3.63) is 34.1 Å². The van der Waals surface area contributed by atoms with Crippen LogP contribution < -0.4 is 0 Å². The van der Waals surface area contributed by atoms with Crippen molar-refractivity contribution in [1.29, 1.82) is 0 Å². The summed E-state index contributed by atoms with van der Waals surface area (Å²) >= 11 is 0. The van der Waals surface area contributed by atoms with Crippen molar-refractivity contribution in [2.45, 2.75) is 32.5 Å². The zero-order chi connectivity index (χ0) is 13.3. The molecule has 1 saturated heterocycles. The molecule has 1 aliphatic heterocycles. The van der Waals surface area contributed by atoms with Crippen molar-refractivity contribution in [2.75, 3.05) is 0 Å². The zero-order valence-electron chi connectivity index (χ0n) is 10.2. The number of carbonyl (C=O) groups is 1. The number of hydrogen-bond donors (Lipinski definition) is 0. The van der Waals surface area contributed by atoms with Gasteiger partial charge in [-0.3, -0.25) is 19.9 Å². The van der Waals surface area contributed by atoms with Crippen LogP contribution in [0.3, 0.4) is 0 Å². The molecule has 96 valence electrons. The summed E-state index contributed by atoms with van der Waals surface area (Å²) < 4.78 is 5.69. The molecule has 0 aliphatic carbocycles. The molecule has 3 unspecified atom stereocenters. The Labute approximate surface area is 104 Å². The van der Waals surface area contributed by atoms with Gasteiger partial charge in [-0.15, -0.1) is 0 Å². The van der Waals surface area contributed by atoms with Crippen LogP contribution in [0.15, 0.2) is 18.5 Å². The molecule has 18 heavy (non-hydrogen) atoms. The van der Waals surface area contributed by atoms with Gasteiger partial charge in [0.2, 0.25) is 0 Å². The molecule has 2 rings (SSSR count). The predicted molar refractivity (Wildman–Crippen MR) is 63.0 cm³/mol. The summed E-state index contributed by atoms with van der Waals surface area (Å²) in [4.78, 5) is 26.0. The van der Waals surface area contributed by atoms with Crippen LogP contribution in [0.1, 0.15) is 31.9 Å². The fourth-order valence-corrected chi connectivity index (χ4v) is 2.06. The molecule has 1 fully saturated rings. The summed E-state index contributed by atoms with van der Waals surface area (Å²) in [6.45, 7) is 3.62. The SMILES string of the molecule is CC1OC(c2ccncc2[N+](=O)[O-])CC(=O)C1C. The van der Waals surface area contributed by atoms with Crippen LogP contribution in [0.5, 0.6) is 0 Å². The first-order valence-corrected chi connectivity index (χ1v) is 5.77. The maximum Gasteiger partial charge on any atom is 0.293 e. The average Bonchev–Trinajstić information content (AvgIpc) is 2.35. The van der Waals surface area contributed by atoms with E-state index in [0.29, 0.717) is 5.56 Å². The van der Waals surface area contributed by atoms with E-state index in [-0.39, 0.29) is 29.9 Å². The molecule has 1 aromatic heterocycles. The number of Topliss-reactive ketones (excluding diaryl/α,β-unsaturated/α-hetero) is 1. The standard InChI is InChI=1S/C12H14N2O4/c1-7-8(2)18-12(5-11(7)15)9-3-4-13-6-10(9)14(16)17/h3-4,6-8,12H,5H2,1-2H3. The minimum Gasteiger partial charge on any atom is -0.369 e. The minimum atomic E-state index is -0.549. The maximum absolute atomic E-state index is 11.8. The smallest absolute Gasteiger partial charge is 0.293 e. The molecule has 1 aliphatic rings. The summed E-state index contributed by atoms with van der Waals surface area (Å²) in [5.74, 6) is -0.0907. The van der Waals surface area contributed by atoms with E-state index in [9.17, 15) is 14.9 Å². The molecule has 0 radical (unpaired) electrons. The van der Waals surface area contributed by atoms with Crippen molar-refractivity contribution in [2.24, 2.45) is 5.92 Å². The van der Waals surface area contributed by atoms with Crippen LogP contribution in [-0.2, 0) is 9.53 Å².